The lowest BCUT2D eigenvalue weighted by molar-refractivity contribution is -0.119. The fourth-order valence-corrected chi connectivity index (χ4v) is 4.86. The van der Waals surface area contributed by atoms with Gasteiger partial charge in [-0.15, -0.1) is 0 Å². The average Bonchev–Trinajstić information content (AvgIpc) is 3.39. The number of hydrogen-bond donors (Lipinski definition) is 2. The SMILES string of the molecule is CC[C@@H](O)CCC(=O)Cc1ccc2nc(-c3ccccc3)c(-c3ccccc3)c(C(=O)Nc3ccn(C)n3)c2c1. The molecule has 7 nitrogen and oxygen atoms in total. The third-order valence-electron chi connectivity index (χ3n) is 6.97. The molecule has 5 rings (SSSR count). The highest BCUT2D eigenvalue weighted by Gasteiger charge is 2.24. The van der Waals surface area contributed by atoms with Crippen molar-refractivity contribution in [3.05, 3.63) is 102 Å². The van der Waals surface area contributed by atoms with Gasteiger partial charge < -0.3 is 10.4 Å². The van der Waals surface area contributed by atoms with Crippen molar-refractivity contribution in [3.8, 4) is 22.4 Å². The number of anilines is 1. The Balaban J connectivity index is 1.69. The van der Waals surface area contributed by atoms with E-state index in [0.29, 0.717) is 52.8 Å². The van der Waals surface area contributed by atoms with Crippen LogP contribution in [0.2, 0.25) is 0 Å². The second-order valence-corrected chi connectivity index (χ2v) is 9.94. The van der Waals surface area contributed by atoms with Crippen molar-refractivity contribution in [2.24, 2.45) is 7.05 Å². The number of benzene rings is 3. The number of aromatic nitrogens is 3. The summed E-state index contributed by atoms with van der Waals surface area (Å²) in [7, 11) is 1.79. The zero-order chi connectivity index (χ0) is 28.1. The van der Waals surface area contributed by atoms with E-state index in [9.17, 15) is 14.7 Å². The summed E-state index contributed by atoms with van der Waals surface area (Å²) in [5, 5.41) is 17.8. The molecule has 40 heavy (non-hydrogen) atoms. The van der Waals surface area contributed by atoms with E-state index in [-0.39, 0.29) is 18.1 Å². The quantitative estimate of drug-likeness (QED) is 0.223. The monoisotopic (exact) mass is 532 g/mol. The topological polar surface area (TPSA) is 97.1 Å². The maximum Gasteiger partial charge on any atom is 0.258 e. The molecule has 7 heteroatoms. The maximum absolute atomic E-state index is 14.1. The highest BCUT2D eigenvalue weighted by Crippen LogP contribution is 2.38. The largest absolute Gasteiger partial charge is 0.393 e. The van der Waals surface area contributed by atoms with Gasteiger partial charge in [0.25, 0.3) is 5.91 Å². The van der Waals surface area contributed by atoms with Gasteiger partial charge in [0, 0.05) is 48.7 Å². The molecule has 2 aromatic heterocycles. The van der Waals surface area contributed by atoms with Gasteiger partial charge in [-0.2, -0.15) is 5.10 Å². The Labute approximate surface area is 233 Å². The van der Waals surface area contributed by atoms with Crippen LogP contribution in [0.3, 0.4) is 0 Å². The molecule has 0 fully saturated rings. The minimum atomic E-state index is -0.475. The number of carbonyl (C=O) groups excluding carboxylic acids is 2. The Morgan fingerprint density at radius 2 is 1.65 bits per heavy atom. The van der Waals surface area contributed by atoms with Crippen molar-refractivity contribution in [1.82, 2.24) is 14.8 Å². The average molecular weight is 533 g/mol. The van der Waals surface area contributed by atoms with Crippen molar-refractivity contribution in [1.29, 1.82) is 0 Å². The minimum Gasteiger partial charge on any atom is -0.393 e. The second kappa shape index (κ2) is 12.1. The molecule has 2 N–H and O–H groups in total. The molecule has 0 saturated carbocycles. The van der Waals surface area contributed by atoms with Gasteiger partial charge in [0.2, 0.25) is 0 Å². The van der Waals surface area contributed by atoms with Crippen LogP contribution in [0.4, 0.5) is 5.82 Å². The molecular weight excluding hydrogens is 500 g/mol. The van der Waals surface area contributed by atoms with Crippen LogP contribution in [0.15, 0.2) is 91.1 Å². The van der Waals surface area contributed by atoms with Crippen LogP contribution in [-0.2, 0) is 18.3 Å². The van der Waals surface area contributed by atoms with Crippen molar-refractivity contribution in [3.63, 3.8) is 0 Å². The molecule has 0 aliphatic carbocycles. The van der Waals surface area contributed by atoms with Crippen LogP contribution in [0, 0.1) is 0 Å². The van der Waals surface area contributed by atoms with E-state index in [2.05, 4.69) is 10.4 Å². The van der Waals surface area contributed by atoms with E-state index in [0.717, 1.165) is 16.7 Å². The molecule has 0 radical (unpaired) electrons. The number of hydrogen-bond acceptors (Lipinski definition) is 5. The zero-order valence-electron chi connectivity index (χ0n) is 22.7. The lowest BCUT2D eigenvalue weighted by Crippen LogP contribution is -2.16. The summed E-state index contributed by atoms with van der Waals surface area (Å²) in [5.41, 5.74) is 5.08. The second-order valence-electron chi connectivity index (χ2n) is 9.94. The fourth-order valence-electron chi connectivity index (χ4n) is 4.86. The minimum absolute atomic E-state index is 0.0449. The van der Waals surface area contributed by atoms with E-state index in [1.54, 1.807) is 24.0 Å². The predicted molar refractivity (Wildman–Crippen MR) is 158 cm³/mol. The molecule has 0 aliphatic rings. The number of fused-ring (bicyclic) bond motifs is 1. The summed E-state index contributed by atoms with van der Waals surface area (Å²) in [4.78, 5) is 31.9. The Kier molecular flexibility index (Phi) is 8.12. The van der Waals surface area contributed by atoms with E-state index in [1.165, 1.54) is 0 Å². The highest BCUT2D eigenvalue weighted by atomic mass is 16.3. The van der Waals surface area contributed by atoms with E-state index >= 15 is 0 Å². The first-order chi connectivity index (χ1) is 19.4. The number of pyridine rings is 1. The van der Waals surface area contributed by atoms with Crippen LogP contribution in [0.25, 0.3) is 33.3 Å². The van der Waals surface area contributed by atoms with Crippen LogP contribution in [-0.4, -0.2) is 37.7 Å². The molecular formula is C33H32N4O3. The number of Topliss-reactive ketones (excluding diaryl/α,β-unsaturated/α-hetero) is 1. The van der Waals surface area contributed by atoms with E-state index in [1.807, 2.05) is 85.8 Å². The first kappa shape index (κ1) is 27.0. The molecule has 0 bridgehead atoms. The molecule has 1 amide bonds. The molecule has 0 spiro atoms. The number of amides is 1. The summed E-state index contributed by atoms with van der Waals surface area (Å²) in [5.74, 6) is 0.179. The lowest BCUT2D eigenvalue weighted by atomic mass is 9.90. The normalized spacial score (nSPS) is 11.9. The Morgan fingerprint density at radius 1 is 0.950 bits per heavy atom. The smallest absolute Gasteiger partial charge is 0.258 e. The summed E-state index contributed by atoms with van der Waals surface area (Å²) >= 11 is 0. The van der Waals surface area contributed by atoms with Crippen LogP contribution < -0.4 is 5.32 Å². The fraction of sp³-hybridized carbons (Fsp3) is 0.212. The predicted octanol–water partition coefficient (Wildman–Crippen LogP) is 6.22. The maximum atomic E-state index is 14.1. The van der Waals surface area contributed by atoms with Crippen molar-refractivity contribution in [2.75, 3.05) is 5.32 Å². The summed E-state index contributed by atoms with van der Waals surface area (Å²) in [6, 6.07) is 27.0. The number of aliphatic hydroxyl groups is 1. The highest BCUT2D eigenvalue weighted by molar-refractivity contribution is 6.18. The molecule has 5 aromatic rings. The first-order valence-corrected chi connectivity index (χ1v) is 13.5. The van der Waals surface area contributed by atoms with Crippen molar-refractivity contribution < 1.29 is 14.7 Å². The van der Waals surface area contributed by atoms with E-state index < -0.39 is 6.10 Å². The molecule has 202 valence electrons. The number of aryl methyl sites for hydroxylation is 1. The number of aliphatic hydroxyl groups excluding tert-OH is 1. The zero-order valence-corrected chi connectivity index (χ0v) is 22.7. The molecule has 0 unspecified atom stereocenters. The third-order valence-corrected chi connectivity index (χ3v) is 6.97. The molecule has 1 atom stereocenters. The lowest BCUT2D eigenvalue weighted by Gasteiger charge is -2.18. The number of carbonyl (C=O) groups is 2. The number of ketones is 1. The van der Waals surface area contributed by atoms with Gasteiger partial charge in [0.1, 0.15) is 5.78 Å². The van der Waals surface area contributed by atoms with E-state index in [4.69, 9.17) is 4.98 Å². The van der Waals surface area contributed by atoms with Gasteiger partial charge in [-0.05, 0) is 36.1 Å². The molecule has 3 aromatic carbocycles. The Hall–Kier alpha value is -4.62. The first-order valence-electron chi connectivity index (χ1n) is 13.5. The summed E-state index contributed by atoms with van der Waals surface area (Å²) in [6.07, 6.45) is 2.88. The Bertz CT molecular complexity index is 1650. The molecule has 0 aliphatic heterocycles. The van der Waals surface area contributed by atoms with Gasteiger partial charge in [-0.1, -0.05) is 73.7 Å². The number of nitrogens with one attached hydrogen (secondary N) is 1. The van der Waals surface area contributed by atoms with Crippen LogP contribution in [0.1, 0.15) is 42.1 Å². The van der Waals surface area contributed by atoms with Gasteiger partial charge in [0.05, 0.1) is 22.9 Å². The van der Waals surface area contributed by atoms with Crippen LogP contribution >= 0.6 is 0 Å². The standard InChI is InChI=1S/C33H32N4O3/c1-3-25(38)15-16-26(39)20-22-14-17-28-27(21-22)31(33(40)35-29-18-19-37(2)36-29)30(23-10-6-4-7-11-23)32(34-28)24-12-8-5-9-13-24/h4-14,17-19,21,25,38H,3,15-16,20H2,1-2H3,(H,35,36,40)/t25-/m1/s1. The molecule has 0 saturated heterocycles. The number of nitrogens with zero attached hydrogens (tertiary/aromatic N) is 3. The van der Waals surface area contributed by atoms with Crippen molar-refractivity contribution in [2.45, 2.75) is 38.7 Å². The van der Waals surface area contributed by atoms with Crippen LogP contribution in [0.5, 0.6) is 0 Å². The van der Waals surface area contributed by atoms with Gasteiger partial charge in [0.15, 0.2) is 5.82 Å². The Morgan fingerprint density at radius 3 is 2.30 bits per heavy atom. The van der Waals surface area contributed by atoms with Gasteiger partial charge >= 0.3 is 0 Å². The van der Waals surface area contributed by atoms with Crippen molar-refractivity contribution >= 4 is 28.4 Å². The molecule has 2 heterocycles. The third kappa shape index (κ3) is 6.00. The summed E-state index contributed by atoms with van der Waals surface area (Å²) in [6.45, 7) is 1.90. The van der Waals surface area contributed by atoms with Gasteiger partial charge in [-0.3, -0.25) is 14.3 Å². The summed E-state index contributed by atoms with van der Waals surface area (Å²) < 4.78 is 1.63. The van der Waals surface area contributed by atoms with Gasteiger partial charge in [-0.25, -0.2) is 4.98 Å². The number of rotatable bonds is 10.